The monoisotopic (exact) mass is 388 g/mol. The fourth-order valence-electron chi connectivity index (χ4n) is 4.05. The maximum absolute atomic E-state index is 12.0. The van der Waals surface area contributed by atoms with Crippen molar-refractivity contribution in [3.8, 4) is 5.75 Å². The zero-order valence-electron chi connectivity index (χ0n) is 17.0. The first kappa shape index (κ1) is 20.8. The second-order valence-electron chi connectivity index (χ2n) is 8.58. The molecule has 1 fully saturated rings. The van der Waals surface area contributed by atoms with E-state index in [4.69, 9.17) is 31.9 Å². The van der Waals surface area contributed by atoms with Crippen molar-refractivity contribution in [2.24, 2.45) is 22.4 Å². The summed E-state index contributed by atoms with van der Waals surface area (Å²) in [7, 11) is 0. The number of rotatable bonds is 5. The van der Waals surface area contributed by atoms with Gasteiger partial charge in [0.25, 0.3) is 0 Å². The number of carbonyl (C=O) groups is 1. The van der Waals surface area contributed by atoms with Crippen LogP contribution in [0.25, 0.3) is 0 Å². The number of nitrogens with zero attached hydrogens (tertiary/aromatic N) is 1. The maximum atomic E-state index is 12.0. The second kappa shape index (κ2) is 7.81. The highest BCUT2D eigenvalue weighted by Crippen LogP contribution is 2.35. The molecule has 1 aromatic carbocycles. The number of ether oxygens (including phenoxy) is 1. The zero-order chi connectivity index (χ0) is 20.5. The fourth-order valence-corrected chi connectivity index (χ4v) is 4.05. The van der Waals surface area contributed by atoms with Crippen LogP contribution >= 0.6 is 0 Å². The van der Waals surface area contributed by atoms with Gasteiger partial charge in [0.05, 0.1) is 5.54 Å². The molecule has 0 aromatic heterocycles. The summed E-state index contributed by atoms with van der Waals surface area (Å²) in [5, 5.41) is 0. The summed E-state index contributed by atoms with van der Waals surface area (Å²) < 4.78 is 6.05. The Kier molecular flexibility index (Phi) is 5.79. The van der Waals surface area contributed by atoms with Gasteiger partial charge >= 0.3 is 0 Å². The lowest BCUT2D eigenvalue weighted by Crippen LogP contribution is -2.53. The summed E-state index contributed by atoms with van der Waals surface area (Å²) >= 11 is 0. The summed E-state index contributed by atoms with van der Waals surface area (Å²) in [6, 6.07) is 6.09. The number of benzene rings is 1. The standard InChI is InChI=1S/C21H32N4O3/c1-13(26)21(3,28-24)18-7-5-14-12-15(4-6-17(14)27-18)19(23)25-20(2)10-8-16(22)9-11-20/h4,6,12,16,18H,5,7-11,22,24H2,1-3H3,(H2,23,25)/t16?,18-,20?,21-/m1/s1. The van der Waals surface area contributed by atoms with Crippen molar-refractivity contribution in [2.75, 3.05) is 0 Å². The van der Waals surface area contributed by atoms with Gasteiger partial charge in [-0.25, -0.2) is 5.90 Å². The normalized spacial score (nSPS) is 30.1. The third-order valence-electron chi connectivity index (χ3n) is 6.36. The summed E-state index contributed by atoms with van der Waals surface area (Å²) in [6.07, 6.45) is 4.82. The molecular weight excluding hydrogens is 356 g/mol. The summed E-state index contributed by atoms with van der Waals surface area (Å²) in [4.78, 5) is 21.8. The SMILES string of the molecule is CC(=O)[C@@](C)(ON)[C@H]1CCc2cc(C(N)=NC3(C)CCC(N)CC3)ccc2O1. The van der Waals surface area contributed by atoms with E-state index in [9.17, 15) is 4.79 Å². The van der Waals surface area contributed by atoms with E-state index in [2.05, 4.69) is 6.92 Å². The van der Waals surface area contributed by atoms with Gasteiger partial charge in [-0.2, -0.15) is 0 Å². The van der Waals surface area contributed by atoms with Gasteiger partial charge < -0.3 is 16.2 Å². The molecule has 2 atom stereocenters. The Hall–Kier alpha value is -1.96. The van der Waals surface area contributed by atoms with Crippen molar-refractivity contribution in [1.82, 2.24) is 0 Å². The van der Waals surface area contributed by atoms with Gasteiger partial charge in [0.2, 0.25) is 0 Å². The highest BCUT2D eigenvalue weighted by molar-refractivity contribution is 5.98. The Morgan fingerprint density at radius 2 is 2.00 bits per heavy atom. The Morgan fingerprint density at radius 1 is 1.32 bits per heavy atom. The quantitative estimate of drug-likeness (QED) is 0.402. The lowest BCUT2D eigenvalue weighted by Gasteiger charge is -2.37. The topological polar surface area (TPSA) is 126 Å². The molecule has 7 nitrogen and oxygen atoms in total. The molecule has 2 aliphatic rings. The van der Waals surface area contributed by atoms with Crippen LogP contribution in [0.5, 0.6) is 5.75 Å². The molecular formula is C21H32N4O3. The number of hydrogen-bond acceptors (Lipinski definition) is 6. The molecule has 0 unspecified atom stereocenters. The van der Waals surface area contributed by atoms with Gasteiger partial charge in [-0.1, -0.05) is 0 Å². The van der Waals surface area contributed by atoms with Gasteiger partial charge in [0.1, 0.15) is 17.7 Å². The number of amidine groups is 1. The number of Topliss-reactive ketones (excluding diaryl/α,β-unsaturated/α-hetero) is 1. The van der Waals surface area contributed by atoms with Gasteiger partial charge in [-0.15, -0.1) is 0 Å². The fraction of sp³-hybridized carbons (Fsp3) is 0.619. The van der Waals surface area contributed by atoms with E-state index in [1.54, 1.807) is 6.92 Å². The van der Waals surface area contributed by atoms with Crippen LogP contribution < -0.4 is 22.1 Å². The molecule has 0 saturated heterocycles. The first-order chi connectivity index (χ1) is 13.2. The minimum absolute atomic E-state index is 0.154. The van der Waals surface area contributed by atoms with E-state index in [1.807, 2.05) is 18.2 Å². The van der Waals surface area contributed by atoms with Crippen LogP contribution in [0.15, 0.2) is 23.2 Å². The average Bonchev–Trinajstić information content (AvgIpc) is 2.68. The third kappa shape index (κ3) is 4.06. The molecule has 7 heteroatoms. The largest absolute Gasteiger partial charge is 0.487 e. The van der Waals surface area contributed by atoms with Gasteiger partial charge in [0, 0.05) is 11.6 Å². The van der Waals surface area contributed by atoms with Crippen molar-refractivity contribution >= 4 is 11.6 Å². The van der Waals surface area contributed by atoms with Crippen molar-refractivity contribution in [2.45, 2.75) is 82.6 Å². The molecule has 28 heavy (non-hydrogen) atoms. The molecule has 3 rings (SSSR count). The lowest BCUT2D eigenvalue weighted by molar-refractivity contribution is -0.156. The van der Waals surface area contributed by atoms with E-state index in [1.165, 1.54) is 6.92 Å². The summed E-state index contributed by atoms with van der Waals surface area (Å²) in [6.45, 7) is 5.28. The molecule has 154 valence electrons. The maximum Gasteiger partial charge on any atom is 0.180 e. The number of hydrogen-bond donors (Lipinski definition) is 3. The molecule has 1 heterocycles. The van der Waals surface area contributed by atoms with Gasteiger partial charge in [-0.05, 0) is 83.1 Å². The average molecular weight is 389 g/mol. The smallest absolute Gasteiger partial charge is 0.180 e. The number of carbonyl (C=O) groups excluding carboxylic acids is 1. The molecule has 0 amide bonds. The van der Waals surface area contributed by atoms with E-state index in [-0.39, 0.29) is 17.4 Å². The van der Waals surface area contributed by atoms with E-state index in [0.29, 0.717) is 12.3 Å². The molecule has 0 bridgehead atoms. The predicted octanol–water partition coefficient (Wildman–Crippen LogP) is 1.98. The molecule has 1 saturated carbocycles. The summed E-state index contributed by atoms with van der Waals surface area (Å²) in [5.74, 6) is 6.51. The van der Waals surface area contributed by atoms with Crippen LogP contribution in [0.1, 0.15) is 64.0 Å². The third-order valence-corrected chi connectivity index (χ3v) is 6.36. The van der Waals surface area contributed by atoms with E-state index < -0.39 is 11.7 Å². The number of fused-ring (bicyclic) bond motifs is 1. The summed E-state index contributed by atoms with van der Waals surface area (Å²) in [5.41, 5.74) is 13.0. The van der Waals surface area contributed by atoms with Crippen molar-refractivity contribution in [3.63, 3.8) is 0 Å². The minimum Gasteiger partial charge on any atom is -0.487 e. The van der Waals surface area contributed by atoms with Gasteiger partial charge in [-0.3, -0.25) is 14.6 Å². The highest BCUT2D eigenvalue weighted by Gasteiger charge is 2.43. The van der Waals surface area contributed by atoms with Crippen molar-refractivity contribution < 1.29 is 14.4 Å². The molecule has 1 aromatic rings. The minimum atomic E-state index is -1.16. The molecule has 6 N–H and O–H groups in total. The van der Waals surface area contributed by atoms with Gasteiger partial charge in [0.15, 0.2) is 11.4 Å². The number of aliphatic imine (C=N–C) groups is 1. The van der Waals surface area contributed by atoms with Crippen LogP contribution in [0.3, 0.4) is 0 Å². The van der Waals surface area contributed by atoms with Crippen molar-refractivity contribution in [1.29, 1.82) is 0 Å². The molecule has 1 aliphatic carbocycles. The Balaban J connectivity index is 1.78. The van der Waals surface area contributed by atoms with Crippen LogP contribution in [0.2, 0.25) is 0 Å². The second-order valence-corrected chi connectivity index (χ2v) is 8.58. The molecule has 1 aliphatic heterocycles. The van der Waals surface area contributed by atoms with Crippen molar-refractivity contribution in [3.05, 3.63) is 29.3 Å². The zero-order valence-corrected chi connectivity index (χ0v) is 17.0. The molecule has 0 spiro atoms. The highest BCUT2D eigenvalue weighted by atomic mass is 16.7. The van der Waals surface area contributed by atoms with Crippen LogP contribution in [-0.2, 0) is 16.1 Å². The Labute approximate surface area is 166 Å². The number of aryl methyl sites for hydroxylation is 1. The molecule has 0 radical (unpaired) electrons. The Morgan fingerprint density at radius 3 is 2.61 bits per heavy atom. The van der Waals surface area contributed by atoms with E-state index in [0.717, 1.165) is 49.0 Å². The lowest BCUT2D eigenvalue weighted by atomic mass is 9.81. The number of nitrogens with two attached hydrogens (primary N) is 3. The van der Waals surface area contributed by atoms with Crippen LogP contribution in [-0.4, -0.2) is 34.9 Å². The Bertz CT molecular complexity index is 771. The predicted molar refractivity (Wildman–Crippen MR) is 109 cm³/mol. The van der Waals surface area contributed by atoms with Crippen LogP contribution in [0.4, 0.5) is 0 Å². The first-order valence-electron chi connectivity index (χ1n) is 9.97. The number of ketones is 1. The van der Waals surface area contributed by atoms with E-state index >= 15 is 0 Å². The first-order valence-corrected chi connectivity index (χ1v) is 9.97. The van der Waals surface area contributed by atoms with Crippen LogP contribution in [0, 0.1) is 0 Å².